The van der Waals surface area contributed by atoms with E-state index >= 15 is 0 Å². The first-order valence-corrected chi connectivity index (χ1v) is 6.44. The number of anilines is 2. The van der Waals surface area contributed by atoms with Crippen LogP contribution in [0.4, 0.5) is 11.4 Å². The number of aromatic nitrogens is 1. The Morgan fingerprint density at radius 2 is 2.17 bits per heavy atom. The molecule has 0 bridgehead atoms. The van der Waals surface area contributed by atoms with Gasteiger partial charge in [0.1, 0.15) is 0 Å². The predicted molar refractivity (Wildman–Crippen MR) is 72.7 cm³/mol. The van der Waals surface area contributed by atoms with Gasteiger partial charge in [0.25, 0.3) is 0 Å². The monoisotopic (exact) mass is 248 g/mol. The van der Waals surface area contributed by atoms with Crippen molar-refractivity contribution in [2.45, 2.75) is 31.7 Å². The maximum Gasteiger partial charge on any atom is 0.220 e. The van der Waals surface area contributed by atoms with E-state index in [0.717, 1.165) is 37.2 Å². The van der Waals surface area contributed by atoms with Crippen LogP contribution in [-0.4, -0.2) is 30.5 Å². The quantitative estimate of drug-likeness (QED) is 0.641. The van der Waals surface area contributed by atoms with Gasteiger partial charge >= 0.3 is 0 Å². The fraction of sp³-hybridized carbons (Fsp3) is 0.538. The fourth-order valence-electron chi connectivity index (χ4n) is 1.68. The van der Waals surface area contributed by atoms with Crippen molar-refractivity contribution in [3.8, 4) is 0 Å². The van der Waals surface area contributed by atoms with Crippen LogP contribution in [-0.2, 0) is 4.79 Å². The van der Waals surface area contributed by atoms with Crippen molar-refractivity contribution in [1.82, 2.24) is 10.3 Å². The van der Waals surface area contributed by atoms with E-state index in [1.807, 2.05) is 13.1 Å². The van der Waals surface area contributed by atoms with E-state index in [1.165, 1.54) is 0 Å². The predicted octanol–water partition coefficient (Wildman–Crippen LogP) is 1.59. The summed E-state index contributed by atoms with van der Waals surface area (Å²) in [6.07, 6.45) is 7.27. The molecule has 1 aliphatic carbocycles. The zero-order valence-electron chi connectivity index (χ0n) is 10.7. The first-order valence-electron chi connectivity index (χ1n) is 6.44. The number of hydrogen-bond donors (Lipinski definition) is 3. The van der Waals surface area contributed by atoms with Gasteiger partial charge in [-0.1, -0.05) is 0 Å². The molecule has 5 nitrogen and oxygen atoms in total. The van der Waals surface area contributed by atoms with E-state index in [1.54, 1.807) is 12.4 Å². The van der Waals surface area contributed by atoms with Crippen molar-refractivity contribution in [3.05, 3.63) is 18.5 Å². The van der Waals surface area contributed by atoms with Gasteiger partial charge in [-0.05, 0) is 25.3 Å². The van der Waals surface area contributed by atoms with Gasteiger partial charge in [0.2, 0.25) is 5.91 Å². The third kappa shape index (κ3) is 4.24. The summed E-state index contributed by atoms with van der Waals surface area (Å²) in [5.41, 5.74) is 1.95. The molecule has 0 unspecified atom stereocenters. The van der Waals surface area contributed by atoms with E-state index in [2.05, 4.69) is 20.9 Å². The summed E-state index contributed by atoms with van der Waals surface area (Å²) in [5, 5.41) is 9.28. The minimum atomic E-state index is 0.168. The van der Waals surface area contributed by atoms with E-state index in [9.17, 15) is 4.79 Å². The number of carbonyl (C=O) groups is 1. The molecule has 0 aliphatic heterocycles. The van der Waals surface area contributed by atoms with Crippen LogP contribution in [0.15, 0.2) is 18.5 Å². The molecule has 1 fully saturated rings. The Morgan fingerprint density at radius 1 is 1.39 bits per heavy atom. The van der Waals surface area contributed by atoms with Gasteiger partial charge in [-0.25, -0.2) is 0 Å². The molecule has 3 N–H and O–H groups in total. The first-order chi connectivity index (χ1) is 8.78. The molecule has 98 valence electrons. The highest BCUT2D eigenvalue weighted by molar-refractivity contribution is 5.76. The lowest BCUT2D eigenvalue weighted by atomic mass is 10.3. The summed E-state index contributed by atoms with van der Waals surface area (Å²) in [5.74, 6) is 0.168. The maximum absolute atomic E-state index is 11.4. The summed E-state index contributed by atoms with van der Waals surface area (Å²) in [6, 6.07) is 2.46. The molecule has 1 saturated carbocycles. The Hall–Kier alpha value is -1.78. The standard InChI is InChI=1S/C13H20N4O/c1-14-11-7-12(9-15-8-11)16-6-2-3-13(18)17-10-4-5-10/h7-10,14,16H,2-6H2,1H3,(H,17,18). The minimum Gasteiger partial charge on any atom is -0.387 e. The van der Waals surface area contributed by atoms with Gasteiger partial charge in [-0.3, -0.25) is 9.78 Å². The molecule has 1 aliphatic rings. The first kappa shape index (κ1) is 12.7. The highest BCUT2D eigenvalue weighted by atomic mass is 16.1. The summed E-state index contributed by atoms with van der Waals surface area (Å²) in [7, 11) is 1.86. The molecule has 1 aromatic heterocycles. The number of nitrogens with zero attached hydrogens (tertiary/aromatic N) is 1. The van der Waals surface area contributed by atoms with Crippen LogP contribution in [0, 0.1) is 0 Å². The molecule has 0 atom stereocenters. The lowest BCUT2D eigenvalue weighted by molar-refractivity contribution is -0.121. The number of rotatable bonds is 7. The second-order valence-corrected chi connectivity index (χ2v) is 4.58. The number of pyridine rings is 1. The Kier molecular flexibility index (Phi) is 4.39. The zero-order valence-corrected chi connectivity index (χ0v) is 10.7. The fourth-order valence-corrected chi connectivity index (χ4v) is 1.68. The average molecular weight is 248 g/mol. The van der Waals surface area contributed by atoms with E-state index < -0.39 is 0 Å². The Labute approximate surface area is 107 Å². The molecule has 0 aromatic carbocycles. The molecule has 2 rings (SSSR count). The Bertz CT molecular complexity index is 404. The number of amides is 1. The van der Waals surface area contributed by atoms with Crippen molar-refractivity contribution in [2.75, 3.05) is 24.2 Å². The Balaban J connectivity index is 1.63. The molecule has 0 radical (unpaired) electrons. The van der Waals surface area contributed by atoms with Crippen molar-refractivity contribution in [1.29, 1.82) is 0 Å². The average Bonchev–Trinajstić information content (AvgIpc) is 3.19. The lowest BCUT2D eigenvalue weighted by Gasteiger charge is -2.07. The van der Waals surface area contributed by atoms with Crippen LogP contribution in [0.3, 0.4) is 0 Å². The molecular weight excluding hydrogens is 228 g/mol. The minimum absolute atomic E-state index is 0.168. The third-order valence-electron chi connectivity index (χ3n) is 2.88. The second-order valence-electron chi connectivity index (χ2n) is 4.58. The van der Waals surface area contributed by atoms with E-state index in [4.69, 9.17) is 0 Å². The molecule has 5 heteroatoms. The summed E-state index contributed by atoms with van der Waals surface area (Å²) in [6.45, 7) is 0.785. The molecule has 1 amide bonds. The van der Waals surface area contributed by atoms with Gasteiger partial charge in [0, 0.05) is 26.1 Å². The Morgan fingerprint density at radius 3 is 2.89 bits per heavy atom. The van der Waals surface area contributed by atoms with Crippen molar-refractivity contribution < 1.29 is 4.79 Å². The van der Waals surface area contributed by atoms with Gasteiger partial charge in [0.15, 0.2) is 0 Å². The summed E-state index contributed by atoms with van der Waals surface area (Å²) >= 11 is 0. The van der Waals surface area contributed by atoms with Crippen molar-refractivity contribution in [2.24, 2.45) is 0 Å². The number of hydrogen-bond acceptors (Lipinski definition) is 4. The molecule has 0 saturated heterocycles. The smallest absolute Gasteiger partial charge is 0.220 e. The summed E-state index contributed by atoms with van der Waals surface area (Å²) < 4.78 is 0. The van der Waals surface area contributed by atoms with E-state index in [0.29, 0.717) is 12.5 Å². The highest BCUT2D eigenvalue weighted by Gasteiger charge is 2.22. The molecular formula is C13H20N4O. The van der Waals surface area contributed by atoms with Crippen LogP contribution in [0.5, 0.6) is 0 Å². The number of nitrogens with one attached hydrogen (secondary N) is 3. The van der Waals surface area contributed by atoms with Crippen LogP contribution >= 0.6 is 0 Å². The van der Waals surface area contributed by atoms with E-state index in [-0.39, 0.29) is 5.91 Å². The van der Waals surface area contributed by atoms with Crippen molar-refractivity contribution >= 4 is 17.3 Å². The zero-order chi connectivity index (χ0) is 12.8. The normalized spacial score (nSPS) is 14.1. The van der Waals surface area contributed by atoms with Crippen LogP contribution < -0.4 is 16.0 Å². The molecule has 0 spiro atoms. The van der Waals surface area contributed by atoms with Gasteiger partial charge in [-0.2, -0.15) is 0 Å². The third-order valence-corrected chi connectivity index (χ3v) is 2.88. The lowest BCUT2D eigenvalue weighted by Crippen LogP contribution is -2.25. The molecule has 18 heavy (non-hydrogen) atoms. The SMILES string of the molecule is CNc1cncc(NCCCC(=O)NC2CC2)c1. The highest BCUT2D eigenvalue weighted by Crippen LogP contribution is 2.18. The number of carbonyl (C=O) groups excluding carboxylic acids is 1. The van der Waals surface area contributed by atoms with Gasteiger partial charge in [-0.15, -0.1) is 0 Å². The maximum atomic E-state index is 11.4. The summed E-state index contributed by atoms with van der Waals surface area (Å²) in [4.78, 5) is 15.6. The molecule has 1 aromatic rings. The van der Waals surface area contributed by atoms with Gasteiger partial charge in [0.05, 0.1) is 23.8 Å². The van der Waals surface area contributed by atoms with Crippen LogP contribution in [0.2, 0.25) is 0 Å². The molecule has 1 heterocycles. The van der Waals surface area contributed by atoms with Crippen LogP contribution in [0.1, 0.15) is 25.7 Å². The van der Waals surface area contributed by atoms with Gasteiger partial charge < -0.3 is 16.0 Å². The topological polar surface area (TPSA) is 66.0 Å². The second kappa shape index (κ2) is 6.23. The van der Waals surface area contributed by atoms with Crippen LogP contribution in [0.25, 0.3) is 0 Å². The van der Waals surface area contributed by atoms with Crippen molar-refractivity contribution in [3.63, 3.8) is 0 Å². The largest absolute Gasteiger partial charge is 0.387 e.